The molecule has 3 rings (SSSR count). The van der Waals surface area contributed by atoms with Crippen molar-refractivity contribution in [2.45, 2.75) is 6.54 Å². The lowest BCUT2D eigenvalue weighted by Crippen LogP contribution is -2.37. The van der Waals surface area contributed by atoms with Crippen molar-refractivity contribution in [2.75, 3.05) is 19.0 Å². The molecule has 0 spiro atoms. The molecule has 0 unspecified atom stereocenters. The maximum absolute atomic E-state index is 12.2. The molecule has 3 aromatic carbocycles. The number of nitrogens with zero attached hydrogens (tertiary/aromatic N) is 1. The number of hydrazone groups is 1. The Kier molecular flexibility index (Phi) is 9.67. The Labute approximate surface area is 217 Å². The highest BCUT2D eigenvalue weighted by Crippen LogP contribution is 2.25. The zero-order valence-electron chi connectivity index (χ0n) is 19.1. The minimum atomic E-state index is -0.933. The predicted molar refractivity (Wildman–Crippen MR) is 138 cm³/mol. The first kappa shape index (κ1) is 26.5. The zero-order valence-corrected chi connectivity index (χ0v) is 20.6. The summed E-state index contributed by atoms with van der Waals surface area (Å²) in [4.78, 5) is 36.3. The summed E-state index contributed by atoms with van der Waals surface area (Å²) in [5, 5.41) is 9.69. The van der Waals surface area contributed by atoms with E-state index in [1.165, 1.54) is 12.3 Å². The van der Waals surface area contributed by atoms with Crippen LogP contribution in [0.3, 0.4) is 0 Å². The van der Waals surface area contributed by atoms with Crippen LogP contribution in [0.5, 0.6) is 11.5 Å². The molecule has 0 heterocycles. The molecule has 0 aliphatic rings. The van der Waals surface area contributed by atoms with Gasteiger partial charge in [-0.15, -0.1) is 0 Å². The number of rotatable bonds is 9. The van der Waals surface area contributed by atoms with Crippen molar-refractivity contribution in [1.29, 1.82) is 0 Å². The second-order valence-electron chi connectivity index (χ2n) is 7.23. The average molecular weight is 529 g/mol. The van der Waals surface area contributed by atoms with Gasteiger partial charge < -0.3 is 20.1 Å². The number of ether oxygens (including phenoxy) is 2. The van der Waals surface area contributed by atoms with Gasteiger partial charge in [0.05, 0.1) is 24.0 Å². The molecule has 0 saturated carbocycles. The molecule has 0 atom stereocenters. The van der Waals surface area contributed by atoms with Gasteiger partial charge in [-0.2, -0.15) is 5.10 Å². The number of amides is 3. The molecule has 3 aromatic rings. The standard InChI is InChI=1S/C25H22Cl2N4O5/c1-35-19-9-6-16(7-10-19)13-28-24(33)25(34)31-29-14-17-4-2-3-5-22(17)36-15-23(32)30-21-11-8-18(26)12-20(21)27/h2-12,14H,13,15H2,1H3,(H,28,33)(H,30,32)(H,31,34)/b29-14-. The van der Waals surface area contributed by atoms with Gasteiger partial charge in [-0.05, 0) is 48.0 Å². The van der Waals surface area contributed by atoms with Gasteiger partial charge in [-0.25, -0.2) is 5.43 Å². The number of benzene rings is 3. The molecule has 3 amide bonds. The number of carbonyl (C=O) groups excluding carboxylic acids is 3. The predicted octanol–water partition coefficient (Wildman–Crippen LogP) is 3.79. The van der Waals surface area contributed by atoms with Gasteiger partial charge in [-0.3, -0.25) is 14.4 Å². The normalized spacial score (nSPS) is 10.5. The maximum atomic E-state index is 12.2. The number of hydrogen-bond donors (Lipinski definition) is 3. The molecule has 0 aliphatic carbocycles. The molecule has 0 radical (unpaired) electrons. The van der Waals surface area contributed by atoms with Gasteiger partial charge in [0.1, 0.15) is 11.5 Å². The molecular weight excluding hydrogens is 507 g/mol. The van der Waals surface area contributed by atoms with E-state index in [0.29, 0.717) is 32.8 Å². The number of nitrogens with one attached hydrogen (secondary N) is 3. The van der Waals surface area contributed by atoms with Crippen molar-refractivity contribution in [1.82, 2.24) is 10.7 Å². The van der Waals surface area contributed by atoms with Gasteiger partial charge >= 0.3 is 11.8 Å². The van der Waals surface area contributed by atoms with Gasteiger partial charge in [-0.1, -0.05) is 47.5 Å². The van der Waals surface area contributed by atoms with Crippen molar-refractivity contribution in [2.24, 2.45) is 5.10 Å². The summed E-state index contributed by atoms with van der Waals surface area (Å²) in [6, 6.07) is 18.5. The van der Waals surface area contributed by atoms with Gasteiger partial charge in [0.2, 0.25) is 0 Å². The lowest BCUT2D eigenvalue weighted by atomic mass is 10.2. The summed E-state index contributed by atoms with van der Waals surface area (Å²) in [5.41, 5.74) is 3.84. The van der Waals surface area contributed by atoms with E-state index in [0.717, 1.165) is 5.56 Å². The zero-order chi connectivity index (χ0) is 25.9. The van der Waals surface area contributed by atoms with Crippen LogP contribution in [0.2, 0.25) is 10.0 Å². The summed E-state index contributed by atoms with van der Waals surface area (Å²) in [7, 11) is 1.56. The molecule has 36 heavy (non-hydrogen) atoms. The molecule has 186 valence electrons. The molecule has 11 heteroatoms. The number of halogens is 2. The maximum Gasteiger partial charge on any atom is 0.329 e. The van der Waals surface area contributed by atoms with Gasteiger partial charge in [0.25, 0.3) is 5.91 Å². The Hall–Kier alpha value is -4.08. The minimum Gasteiger partial charge on any atom is -0.497 e. The molecule has 0 aromatic heterocycles. The van der Waals surface area contributed by atoms with Gasteiger partial charge in [0.15, 0.2) is 6.61 Å². The third-order valence-electron chi connectivity index (χ3n) is 4.67. The molecule has 0 saturated heterocycles. The Bertz CT molecular complexity index is 1270. The highest BCUT2D eigenvalue weighted by atomic mass is 35.5. The number of para-hydroxylation sites is 1. The van der Waals surface area contributed by atoms with E-state index in [4.69, 9.17) is 32.7 Å². The summed E-state index contributed by atoms with van der Waals surface area (Å²) >= 11 is 11.9. The van der Waals surface area contributed by atoms with Crippen LogP contribution < -0.4 is 25.5 Å². The lowest BCUT2D eigenvalue weighted by Gasteiger charge is -2.10. The fourth-order valence-electron chi connectivity index (χ4n) is 2.86. The van der Waals surface area contributed by atoms with Crippen LogP contribution in [0.4, 0.5) is 5.69 Å². The van der Waals surface area contributed by atoms with E-state index in [1.54, 1.807) is 67.8 Å². The van der Waals surface area contributed by atoms with Crippen LogP contribution in [0.25, 0.3) is 0 Å². The summed E-state index contributed by atoms with van der Waals surface area (Å²) in [5.74, 6) is -1.18. The minimum absolute atomic E-state index is 0.167. The smallest absolute Gasteiger partial charge is 0.329 e. The SMILES string of the molecule is COc1ccc(CNC(=O)C(=O)N/N=C\c2ccccc2OCC(=O)Nc2ccc(Cl)cc2Cl)cc1. The van der Waals surface area contributed by atoms with E-state index >= 15 is 0 Å². The van der Waals surface area contributed by atoms with Crippen molar-refractivity contribution in [3.05, 3.63) is 87.9 Å². The Morgan fingerprint density at radius 3 is 2.44 bits per heavy atom. The first-order valence-corrected chi connectivity index (χ1v) is 11.3. The largest absolute Gasteiger partial charge is 0.497 e. The molecule has 9 nitrogen and oxygen atoms in total. The molecular formula is C25H22Cl2N4O5. The lowest BCUT2D eigenvalue weighted by molar-refractivity contribution is -0.139. The molecule has 0 aliphatic heterocycles. The molecule has 0 bridgehead atoms. The molecule has 0 fully saturated rings. The first-order valence-electron chi connectivity index (χ1n) is 10.6. The van der Waals surface area contributed by atoms with Crippen molar-refractivity contribution in [3.8, 4) is 11.5 Å². The van der Waals surface area contributed by atoms with Crippen LogP contribution in [0, 0.1) is 0 Å². The Morgan fingerprint density at radius 1 is 0.972 bits per heavy atom. The van der Waals surface area contributed by atoms with E-state index < -0.39 is 17.7 Å². The highest BCUT2D eigenvalue weighted by molar-refractivity contribution is 6.36. The number of hydrogen-bond acceptors (Lipinski definition) is 6. The van der Waals surface area contributed by atoms with Crippen LogP contribution in [-0.2, 0) is 20.9 Å². The summed E-state index contributed by atoms with van der Waals surface area (Å²) < 4.78 is 10.6. The monoisotopic (exact) mass is 528 g/mol. The average Bonchev–Trinajstić information content (AvgIpc) is 2.88. The van der Waals surface area contributed by atoms with E-state index in [-0.39, 0.29) is 13.2 Å². The quantitative estimate of drug-likeness (QED) is 0.222. The summed E-state index contributed by atoms with van der Waals surface area (Å²) in [6.07, 6.45) is 1.30. The topological polar surface area (TPSA) is 118 Å². The van der Waals surface area contributed by atoms with Crippen molar-refractivity contribution < 1.29 is 23.9 Å². The Balaban J connectivity index is 1.49. The second kappa shape index (κ2) is 13.1. The molecule has 3 N–H and O–H groups in total. The van der Waals surface area contributed by atoms with E-state index in [1.807, 2.05) is 0 Å². The first-order chi connectivity index (χ1) is 17.4. The van der Waals surface area contributed by atoms with Crippen LogP contribution in [-0.4, -0.2) is 37.7 Å². The van der Waals surface area contributed by atoms with Gasteiger partial charge in [0, 0.05) is 17.1 Å². The Morgan fingerprint density at radius 2 is 1.72 bits per heavy atom. The van der Waals surface area contributed by atoms with Crippen LogP contribution in [0.15, 0.2) is 71.8 Å². The van der Waals surface area contributed by atoms with E-state index in [2.05, 4.69) is 21.2 Å². The highest BCUT2D eigenvalue weighted by Gasteiger charge is 2.13. The van der Waals surface area contributed by atoms with Crippen LogP contribution >= 0.6 is 23.2 Å². The fourth-order valence-corrected chi connectivity index (χ4v) is 3.31. The van der Waals surface area contributed by atoms with Crippen LogP contribution in [0.1, 0.15) is 11.1 Å². The van der Waals surface area contributed by atoms with Crippen molar-refractivity contribution in [3.63, 3.8) is 0 Å². The number of carbonyl (C=O) groups is 3. The number of methoxy groups -OCH3 is 1. The fraction of sp³-hybridized carbons (Fsp3) is 0.120. The third kappa shape index (κ3) is 8.00. The van der Waals surface area contributed by atoms with Crippen molar-refractivity contribution >= 4 is 52.8 Å². The second-order valence-corrected chi connectivity index (χ2v) is 8.07. The van der Waals surface area contributed by atoms with E-state index in [9.17, 15) is 14.4 Å². The third-order valence-corrected chi connectivity index (χ3v) is 5.22. The number of anilines is 1. The summed E-state index contributed by atoms with van der Waals surface area (Å²) in [6.45, 7) is -0.135.